The number of benzene rings is 1. The van der Waals surface area contributed by atoms with Crippen LogP contribution in [0.2, 0.25) is 0 Å². The van der Waals surface area contributed by atoms with Crippen molar-refractivity contribution in [2.45, 2.75) is 63.3 Å². The molecule has 7 nitrogen and oxygen atoms in total. The van der Waals surface area contributed by atoms with E-state index in [0.29, 0.717) is 43.8 Å². The molecule has 1 saturated carbocycles. The molecule has 1 saturated heterocycles. The zero-order valence-corrected chi connectivity index (χ0v) is 19.7. The van der Waals surface area contributed by atoms with E-state index in [1.165, 1.54) is 23.6 Å². The van der Waals surface area contributed by atoms with E-state index in [9.17, 15) is 18.5 Å². The number of fused-ring (bicyclic) bond motifs is 1. The number of aryl methyl sites for hydroxylation is 1. The van der Waals surface area contributed by atoms with Crippen LogP contribution in [0.25, 0.3) is 5.57 Å². The number of sulfonamides is 1. The average molecular weight is 467 g/mol. The lowest BCUT2D eigenvalue weighted by atomic mass is 9.88. The molecule has 1 N–H and O–H groups in total. The summed E-state index contributed by atoms with van der Waals surface area (Å²) >= 11 is 0. The van der Waals surface area contributed by atoms with E-state index < -0.39 is 15.6 Å². The zero-order chi connectivity index (χ0) is 23.1. The summed E-state index contributed by atoms with van der Waals surface area (Å²) in [6.07, 6.45) is 9.59. The van der Waals surface area contributed by atoms with Crippen LogP contribution >= 0.6 is 0 Å². The lowest BCUT2D eigenvalue weighted by molar-refractivity contribution is -0.125. The van der Waals surface area contributed by atoms with Crippen molar-refractivity contribution in [1.82, 2.24) is 9.62 Å². The Balaban J connectivity index is 1.24. The molecule has 2 aliphatic carbocycles. The molecule has 174 valence electrons. The molecule has 0 radical (unpaired) electrons. The van der Waals surface area contributed by atoms with Gasteiger partial charge >= 0.3 is 0 Å². The molecule has 5 rings (SSSR count). The molecule has 8 heteroatoms. The Labute approximate surface area is 195 Å². The van der Waals surface area contributed by atoms with Gasteiger partial charge in [0.05, 0.1) is 17.4 Å². The summed E-state index contributed by atoms with van der Waals surface area (Å²) < 4.78 is 27.8. The molecule has 1 amide bonds. The summed E-state index contributed by atoms with van der Waals surface area (Å²) in [5.74, 6) is 1.10. The van der Waals surface area contributed by atoms with Crippen molar-refractivity contribution in [3.05, 3.63) is 41.0 Å². The minimum absolute atomic E-state index is 0.00203. The Morgan fingerprint density at radius 1 is 1.18 bits per heavy atom. The number of hydrogen-bond donors (Lipinski definition) is 1. The number of nitrogens with one attached hydrogen (secondary N) is 1. The first-order chi connectivity index (χ1) is 15.9. The first-order valence-electron chi connectivity index (χ1n) is 12.0. The van der Waals surface area contributed by atoms with Crippen molar-refractivity contribution in [1.29, 1.82) is 5.26 Å². The van der Waals surface area contributed by atoms with Crippen LogP contribution in [-0.2, 0) is 27.7 Å². The van der Waals surface area contributed by atoms with E-state index in [-0.39, 0.29) is 11.7 Å². The Kier molecular flexibility index (Phi) is 5.87. The van der Waals surface area contributed by atoms with Gasteiger partial charge in [-0.25, -0.2) is 12.7 Å². The van der Waals surface area contributed by atoms with Gasteiger partial charge in [0.1, 0.15) is 11.4 Å². The Hall–Kier alpha value is -2.50. The van der Waals surface area contributed by atoms with Gasteiger partial charge in [-0.2, -0.15) is 5.26 Å². The van der Waals surface area contributed by atoms with Gasteiger partial charge in [-0.05, 0) is 55.2 Å². The van der Waals surface area contributed by atoms with Crippen molar-refractivity contribution in [3.8, 4) is 6.07 Å². The second-order valence-corrected chi connectivity index (χ2v) is 11.8. The topological polar surface area (TPSA) is 103 Å². The number of piperidine rings is 1. The van der Waals surface area contributed by atoms with Gasteiger partial charge in [0.25, 0.3) is 5.91 Å². The molecule has 2 fully saturated rings. The van der Waals surface area contributed by atoms with Crippen LogP contribution in [0, 0.1) is 17.2 Å². The van der Waals surface area contributed by atoms with E-state index in [1.54, 1.807) is 0 Å². The smallest absolute Gasteiger partial charge is 0.253 e. The van der Waals surface area contributed by atoms with Gasteiger partial charge < -0.3 is 5.32 Å². The maximum atomic E-state index is 13.1. The maximum Gasteiger partial charge on any atom is 0.253 e. The largest absolute Gasteiger partial charge is 0.312 e. The predicted molar refractivity (Wildman–Crippen MR) is 127 cm³/mol. The molecule has 33 heavy (non-hydrogen) atoms. The van der Waals surface area contributed by atoms with Crippen LogP contribution in [0.5, 0.6) is 0 Å². The number of carbonyl (C=O) groups excluding carboxylic acids is 1. The highest BCUT2D eigenvalue weighted by Gasteiger charge is 2.48. The molecule has 4 aliphatic rings. The summed E-state index contributed by atoms with van der Waals surface area (Å²) in [6.45, 7) is 0.626. The van der Waals surface area contributed by atoms with E-state index in [2.05, 4.69) is 11.4 Å². The van der Waals surface area contributed by atoms with Crippen molar-refractivity contribution >= 4 is 27.3 Å². The third-order valence-electron chi connectivity index (χ3n) is 7.72. The Morgan fingerprint density at radius 2 is 1.94 bits per heavy atom. The fraction of sp³-hybridized carbons (Fsp3) is 0.560. The number of rotatable bonds is 5. The minimum atomic E-state index is -3.47. The van der Waals surface area contributed by atoms with Crippen LogP contribution in [0.1, 0.15) is 61.6 Å². The van der Waals surface area contributed by atoms with Gasteiger partial charge in [-0.15, -0.1) is 0 Å². The lowest BCUT2D eigenvalue weighted by Gasteiger charge is -2.34. The fourth-order valence-corrected chi connectivity index (χ4v) is 7.22. The van der Waals surface area contributed by atoms with Crippen LogP contribution in [-0.4, -0.2) is 48.8 Å². The molecule has 1 aromatic rings. The molecule has 0 unspecified atom stereocenters. The number of amides is 1. The summed E-state index contributed by atoms with van der Waals surface area (Å²) in [5.41, 5.74) is 2.73. The number of nitriles is 1. The molecule has 1 aromatic carbocycles. The van der Waals surface area contributed by atoms with Crippen molar-refractivity contribution < 1.29 is 13.2 Å². The SMILES string of the molecule is N#CC1=CCc2cccc(CCS(=O)(=O)N3CCC4(CC3)N=C(C3CCCCC3)NC4=O)c21. The Morgan fingerprint density at radius 3 is 2.67 bits per heavy atom. The van der Waals surface area contributed by atoms with Crippen molar-refractivity contribution in [2.24, 2.45) is 10.9 Å². The van der Waals surface area contributed by atoms with E-state index in [0.717, 1.165) is 41.8 Å². The van der Waals surface area contributed by atoms with Crippen molar-refractivity contribution in [2.75, 3.05) is 18.8 Å². The molecule has 2 heterocycles. The van der Waals surface area contributed by atoms with Gasteiger partial charge in [-0.1, -0.05) is 43.5 Å². The third-order valence-corrected chi connectivity index (χ3v) is 9.59. The van der Waals surface area contributed by atoms with Gasteiger partial charge in [-0.3, -0.25) is 9.79 Å². The molecule has 0 bridgehead atoms. The first kappa shape index (κ1) is 22.3. The summed E-state index contributed by atoms with van der Waals surface area (Å²) in [4.78, 5) is 17.7. The summed E-state index contributed by atoms with van der Waals surface area (Å²) in [5, 5.41) is 12.4. The van der Waals surface area contributed by atoms with E-state index >= 15 is 0 Å². The second kappa shape index (κ2) is 8.69. The Bertz CT molecular complexity index is 1160. The molecule has 2 aliphatic heterocycles. The lowest BCUT2D eigenvalue weighted by Crippen LogP contribution is -2.51. The normalized spacial score (nSPS) is 23.1. The standard InChI is InChI=1S/C25H30N4O3S/c26-17-21-10-9-18-7-4-8-19(22(18)21)11-16-33(31,32)29-14-12-25(13-15-29)24(30)27-23(28-25)20-5-2-1-3-6-20/h4,7-8,10,20H,1-3,5-6,9,11-16H2,(H,27,28,30). The minimum Gasteiger partial charge on any atom is -0.312 e. The van der Waals surface area contributed by atoms with Gasteiger partial charge in [0.2, 0.25) is 10.0 Å². The molecule has 1 spiro atoms. The van der Waals surface area contributed by atoms with Crippen LogP contribution < -0.4 is 5.32 Å². The van der Waals surface area contributed by atoms with Crippen LogP contribution in [0.15, 0.2) is 29.3 Å². The zero-order valence-electron chi connectivity index (χ0n) is 18.8. The average Bonchev–Trinajstić information content (AvgIpc) is 3.40. The molecule has 0 aromatic heterocycles. The van der Waals surface area contributed by atoms with Gasteiger partial charge in [0, 0.05) is 19.0 Å². The van der Waals surface area contributed by atoms with Gasteiger partial charge in [0.15, 0.2) is 0 Å². The van der Waals surface area contributed by atoms with E-state index in [1.807, 2.05) is 24.3 Å². The second-order valence-electron chi connectivity index (χ2n) is 9.67. The van der Waals surface area contributed by atoms with Crippen molar-refractivity contribution in [3.63, 3.8) is 0 Å². The van der Waals surface area contributed by atoms with Crippen LogP contribution in [0.3, 0.4) is 0 Å². The number of hydrogen-bond acceptors (Lipinski definition) is 5. The highest BCUT2D eigenvalue weighted by atomic mass is 32.2. The number of allylic oxidation sites excluding steroid dienone is 2. The fourth-order valence-electron chi connectivity index (χ4n) is 5.75. The predicted octanol–water partition coefficient (Wildman–Crippen LogP) is 2.97. The van der Waals surface area contributed by atoms with E-state index in [4.69, 9.17) is 4.99 Å². The highest BCUT2D eigenvalue weighted by molar-refractivity contribution is 7.89. The molecule has 0 atom stereocenters. The number of amidine groups is 1. The summed E-state index contributed by atoms with van der Waals surface area (Å²) in [7, 11) is -3.47. The molecular weight excluding hydrogens is 436 g/mol. The third kappa shape index (κ3) is 4.13. The summed E-state index contributed by atoms with van der Waals surface area (Å²) in [6, 6.07) is 8.07. The maximum absolute atomic E-state index is 13.1. The van der Waals surface area contributed by atoms with Crippen LogP contribution in [0.4, 0.5) is 0 Å². The molecular formula is C25H30N4O3S. The monoisotopic (exact) mass is 466 g/mol. The highest BCUT2D eigenvalue weighted by Crippen LogP contribution is 2.35. The number of aliphatic imine (C=N–C) groups is 1. The number of nitrogens with zero attached hydrogens (tertiary/aromatic N) is 3. The quantitative estimate of drug-likeness (QED) is 0.721. The first-order valence-corrected chi connectivity index (χ1v) is 13.6. The number of carbonyl (C=O) groups is 1.